The van der Waals surface area contributed by atoms with Crippen LogP contribution in [0.2, 0.25) is 0 Å². The highest BCUT2D eigenvalue weighted by atomic mass is 16.6. The van der Waals surface area contributed by atoms with E-state index >= 15 is 0 Å². The van der Waals surface area contributed by atoms with E-state index in [2.05, 4.69) is 4.98 Å². The molecule has 2 unspecified atom stereocenters. The number of nitro groups is 1. The Bertz CT molecular complexity index is 411. The molecule has 7 heteroatoms. The second-order valence-corrected chi connectivity index (χ2v) is 3.69. The van der Waals surface area contributed by atoms with E-state index in [1.807, 2.05) is 0 Å². The molecule has 0 aliphatic rings. The first kappa shape index (κ1) is 13.5. The smallest absolute Gasteiger partial charge is 0.290 e. The molecule has 0 aromatic carbocycles. The van der Waals surface area contributed by atoms with Crippen molar-refractivity contribution in [1.82, 2.24) is 4.98 Å². The second-order valence-electron chi connectivity index (χ2n) is 3.69. The van der Waals surface area contributed by atoms with Gasteiger partial charge in [-0.05, 0) is 26.0 Å². The number of aryl methyl sites for hydroxylation is 1. The number of aliphatic hydroxyl groups excluding tert-OH is 2. The highest BCUT2D eigenvalue weighted by Crippen LogP contribution is 2.21. The van der Waals surface area contributed by atoms with Crippen molar-refractivity contribution < 1.29 is 15.1 Å². The molecular weight excluding hydrogens is 226 g/mol. The topological polar surface area (TPSA) is 123 Å². The molecule has 1 rings (SSSR count). The van der Waals surface area contributed by atoms with Crippen LogP contribution >= 0.6 is 0 Å². The number of aliphatic hydroxyl groups is 2. The summed E-state index contributed by atoms with van der Waals surface area (Å²) in [6.07, 6.45) is -1.97. The Labute approximate surface area is 98.1 Å². The summed E-state index contributed by atoms with van der Waals surface area (Å²) >= 11 is 0. The van der Waals surface area contributed by atoms with Crippen molar-refractivity contribution in [2.45, 2.75) is 25.6 Å². The number of hydrogen-bond acceptors (Lipinski definition) is 6. The summed E-state index contributed by atoms with van der Waals surface area (Å²) in [5.41, 5.74) is 5.55. The number of nitrogens with zero attached hydrogens (tertiary/aromatic N) is 2. The van der Waals surface area contributed by atoms with E-state index in [4.69, 9.17) is 5.73 Å². The lowest BCUT2D eigenvalue weighted by Crippen LogP contribution is -2.22. The third-order valence-corrected chi connectivity index (χ3v) is 2.41. The molecule has 0 bridgehead atoms. The van der Waals surface area contributed by atoms with Crippen LogP contribution in [0.15, 0.2) is 12.1 Å². The summed E-state index contributed by atoms with van der Waals surface area (Å²) < 4.78 is 0. The molecule has 0 aliphatic heterocycles. The first-order chi connectivity index (χ1) is 7.97. The van der Waals surface area contributed by atoms with E-state index in [1.165, 1.54) is 19.1 Å². The Morgan fingerprint density at radius 3 is 2.65 bits per heavy atom. The third-order valence-electron chi connectivity index (χ3n) is 2.41. The number of hydrogen-bond donors (Lipinski definition) is 3. The normalized spacial score (nSPS) is 14.4. The molecule has 1 heterocycles. The van der Waals surface area contributed by atoms with Gasteiger partial charge in [0.25, 0.3) is 5.69 Å². The fraction of sp³-hybridized carbons (Fsp3) is 0.500. The summed E-state index contributed by atoms with van der Waals surface area (Å²) in [6, 6.07) is 2.59. The van der Waals surface area contributed by atoms with Crippen molar-refractivity contribution in [2.24, 2.45) is 5.73 Å². The fourth-order valence-corrected chi connectivity index (χ4v) is 1.46. The van der Waals surface area contributed by atoms with E-state index in [0.29, 0.717) is 0 Å². The molecule has 1 aromatic heterocycles. The van der Waals surface area contributed by atoms with Gasteiger partial charge in [-0.3, -0.25) is 10.1 Å². The predicted octanol–water partition coefficient (Wildman–Crippen LogP) is 0.0413. The van der Waals surface area contributed by atoms with Crippen LogP contribution < -0.4 is 5.73 Å². The highest BCUT2D eigenvalue weighted by Gasteiger charge is 2.21. The number of rotatable bonds is 5. The molecular formula is C10H15N3O4. The van der Waals surface area contributed by atoms with E-state index in [9.17, 15) is 20.3 Å². The molecule has 0 saturated carbocycles. The molecule has 1 aromatic rings. The van der Waals surface area contributed by atoms with Crippen LogP contribution in [-0.4, -0.2) is 32.8 Å². The largest absolute Gasteiger partial charge is 0.390 e. The van der Waals surface area contributed by atoms with Crippen LogP contribution in [0.5, 0.6) is 0 Å². The summed E-state index contributed by atoms with van der Waals surface area (Å²) in [6.45, 7) is 1.72. The van der Waals surface area contributed by atoms with Crippen molar-refractivity contribution in [1.29, 1.82) is 0 Å². The Balaban J connectivity index is 2.93. The van der Waals surface area contributed by atoms with Crippen LogP contribution in [0.25, 0.3) is 0 Å². The van der Waals surface area contributed by atoms with Crippen LogP contribution in [0.1, 0.15) is 23.9 Å². The summed E-state index contributed by atoms with van der Waals surface area (Å²) in [5, 5.41) is 29.8. The molecule has 0 spiro atoms. The third kappa shape index (κ3) is 3.19. The van der Waals surface area contributed by atoms with Gasteiger partial charge in [0.15, 0.2) is 0 Å². The quantitative estimate of drug-likeness (QED) is 0.494. The minimum absolute atomic E-state index is 0.116. The van der Waals surface area contributed by atoms with Gasteiger partial charge >= 0.3 is 0 Å². The molecule has 2 atom stereocenters. The van der Waals surface area contributed by atoms with E-state index < -0.39 is 17.1 Å². The second kappa shape index (κ2) is 5.67. The number of nitrogens with two attached hydrogens (primary N) is 1. The van der Waals surface area contributed by atoms with E-state index in [0.717, 1.165) is 0 Å². The first-order valence-corrected chi connectivity index (χ1v) is 5.15. The van der Waals surface area contributed by atoms with Gasteiger partial charge in [-0.25, -0.2) is 4.98 Å². The van der Waals surface area contributed by atoms with Crippen LogP contribution in [0.4, 0.5) is 5.69 Å². The maximum atomic E-state index is 10.6. The average Bonchev–Trinajstić information content (AvgIpc) is 2.27. The zero-order valence-corrected chi connectivity index (χ0v) is 9.41. The summed E-state index contributed by atoms with van der Waals surface area (Å²) in [5.74, 6) is 0. The van der Waals surface area contributed by atoms with Crippen molar-refractivity contribution >= 4 is 5.69 Å². The average molecular weight is 241 g/mol. The van der Waals surface area contributed by atoms with E-state index in [-0.39, 0.29) is 30.0 Å². The van der Waals surface area contributed by atoms with Gasteiger partial charge in [0.05, 0.1) is 16.7 Å². The lowest BCUT2D eigenvalue weighted by Gasteiger charge is -2.16. The van der Waals surface area contributed by atoms with Gasteiger partial charge in [-0.1, -0.05) is 0 Å². The van der Waals surface area contributed by atoms with Crippen LogP contribution in [-0.2, 0) is 0 Å². The lowest BCUT2D eigenvalue weighted by atomic mass is 10.1. The zero-order chi connectivity index (χ0) is 13.0. The van der Waals surface area contributed by atoms with Crippen molar-refractivity contribution in [3.05, 3.63) is 33.6 Å². The maximum Gasteiger partial charge on any atom is 0.290 e. The molecule has 0 radical (unpaired) electrons. The minimum Gasteiger partial charge on any atom is -0.390 e. The Kier molecular flexibility index (Phi) is 4.50. The molecule has 0 fully saturated rings. The molecule has 94 valence electrons. The molecule has 0 amide bonds. The first-order valence-electron chi connectivity index (χ1n) is 5.15. The van der Waals surface area contributed by atoms with Gasteiger partial charge in [0.2, 0.25) is 0 Å². The molecule has 4 N–H and O–H groups in total. The van der Waals surface area contributed by atoms with E-state index in [1.54, 1.807) is 0 Å². The van der Waals surface area contributed by atoms with Gasteiger partial charge in [0, 0.05) is 6.07 Å². The zero-order valence-electron chi connectivity index (χ0n) is 9.41. The predicted molar refractivity (Wildman–Crippen MR) is 60.3 cm³/mol. The number of pyridine rings is 1. The maximum absolute atomic E-state index is 10.6. The highest BCUT2D eigenvalue weighted by molar-refractivity contribution is 5.35. The van der Waals surface area contributed by atoms with Gasteiger partial charge in [-0.2, -0.15) is 0 Å². The minimum atomic E-state index is -1.18. The summed E-state index contributed by atoms with van der Waals surface area (Å²) in [4.78, 5) is 13.9. The Morgan fingerprint density at radius 2 is 2.18 bits per heavy atom. The van der Waals surface area contributed by atoms with Crippen LogP contribution in [0, 0.1) is 17.0 Å². The van der Waals surface area contributed by atoms with Gasteiger partial charge in [0.1, 0.15) is 11.8 Å². The fourth-order valence-electron chi connectivity index (χ4n) is 1.46. The van der Waals surface area contributed by atoms with Gasteiger partial charge < -0.3 is 15.9 Å². The van der Waals surface area contributed by atoms with Crippen molar-refractivity contribution in [2.75, 3.05) is 6.54 Å². The molecule has 7 nitrogen and oxygen atoms in total. The monoisotopic (exact) mass is 241 g/mol. The lowest BCUT2D eigenvalue weighted by molar-refractivity contribution is -0.385. The Morgan fingerprint density at radius 1 is 1.53 bits per heavy atom. The standard InChI is InChI=1S/C10H15N3O4/c1-6-8(13(16)17)3-2-7(12-6)10(15)9(14)4-5-11/h2-3,9-10,14-15H,4-5,11H2,1H3. The summed E-state index contributed by atoms with van der Waals surface area (Å²) in [7, 11) is 0. The van der Waals surface area contributed by atoms with Crippen LogP contribution in [0.3, 0.4) is 0 Å². The molecule has 0 aliphatic carbocycles. The Hall–Kier alpha value is -1.57. The molecule has 17 heavy (non-hydrogen) atoms. The van der Waals surface area contributed by atoms with Gasteiger partial charge in [-0.15, -0.1) is 0 Å². The number of aromatic nitrogens is 1. The SMILES string of the molecule is Cc1nc(C(O)C(O)CCN)ccc1[N+](=O)[O-]. The van der Waals surface area contributed by atoms with Crippen molar-refractivity contribution in [3.8, 4) is 0 Å². The van der Waals surface area contributed by atoms with Crippen molar-refractivity contribution in [3.63, 3.8) is 0 Å². The molecule has 0 saturated heterocycles.